The number of carbonyl (C=O) groups excluding carboxylic acids is 1. The Morgan fingerprint density at radius 3 is 2.64 bits per heavy atom. The zero-order chi connectivity index (χ0) is 19.5. The van der Waals surface area contributed by atoms with Crippen LogP contribution in [0, 0.1) is 5.82 Å². The lowest BCUT2D eigenvalue weighted by Crippen LogP contribution is -2.30. The summed E-state index contributed by atoms with van der Waals surface area (Å²) in [6, 6.07) is 16.6. The molecule has 0 radical (unpaired) electrons. The molecule has 0 spiro atoms. The van der Waals surface area contributed by atoms with Crippen molar-refractivity contribution in [1.82, 2.24) is 9.88 Å². The molecule has 1 unspecified atom stereocenters. The highest BCUT2D eigenvalue weighted by molar-refractivity contribution is 7.10. The van der Waals surface area contributed by atoms with Gasteiger partial charge in [-0.05, 0) is 41.3 Å². The molecular weight excluding hydrogens is 379 g/mol. The smallest absolute Gasteiger partial charge is 0.408 e. The first-order chi connectivity index (χ1) is 13.6. The molecule has 5 nitrogen and oxygen atoms in total. The van der Waals surface area contributed by atoms with Gasteiger partial charge in [0.15, 0.2) is 5.58 Å². The Bertz CT molecular complexity index is 1150. The number of fused-ring (bicyclic) bond motifs is 1. The van der Waals surface area contributed by atoms with Crippen molar-refractivity contribution in [1.29, 1.82) is 0 Å². The van der Waals surface area contributed by atoms with Gasteiger partial charge >= 0.3 is 5.76 Å². The third-order valence-electron chi connectivity index (χ3n) is 4.47. The number of para-hydroxylation sites is 2. The van der Waals surface area contributed by atoms with Crippen molar-refractivity contribution in [2.75, 3.05) is 0 Å². The van der Waals surface area contributed by atoms with E-state index in [-0.39, 0.29) is 30.7 Å². The summed E-state index contributed by atoms with van der Waals surface area (Å²) in [5.74, 6) is -1.02. The van der Waals surface area contributed by atoms with Crippen molar-refractivity contribution >= 4 is 28.3 Å². The predicted molar refractivity (Wildman–Crippen MR) is 106 cm³/mol. The summed E-state index contributed by atoms with van der Waals surface area (Å²) in [5, 5.41) is 4.91. The first-order valence-corrected chi connectivity index (χ1v) is 9.66. The second-order valence-corrected chi connectivity index (χ2v) is 7.28. The summed E-state index contributed by atoms with van der Waals surface area (Å²) in [5.41, 5.74) is 1.95. The van der Waals surface area contributed by atoms with Crippen LogP contribution in [0.25, 0.3) is 11.1 Å². The van der Waals surface area contributed by atoms with Crippen molar-refractivity contribution in [3.8, 4) is 0 Å². The van der Waals surface area contributed by atoms with Gasteiger partial charge in [0, 0.05) is 17.8 Å². The van der Waals surface area contributed by atoms with Gasteiger partial charge in [-0.3, -0.25) is 9.36 Å². The number of hydrogen-bond acceptors (Lipinski definition) is 4. The van der Waals surface area contributed by atoms with E-state index in [1.54, 1.807) is 30.3 Å². The summed E-state index contributed by atoms with van der Waals surface area (Å²) in [6.45, 7) is 0.211. The van der Waals surface area contributed by atoms with Crippen LogP contribution in [0.3, 0.4) is 0 Å². The molecule has 0 aliphatic rings. The second-order valence-electron chi connectivity index (χ2n) is 6.30. The number of aryl methyl sites for hydroxylation is 1. The van der Waals surface area contributed by atoms with Gasteiger partial charge in [0.2, 0.25) is 5.91 Å². The van der Waals surface area contributed by atoms with Gasteiger partial charge in [0.1, 0.15) is 5.82 Å². The lowest BCUT2D eigenvalue weighted by atomic mass is 10.1. The summed E-state index contributed by atoms with van der Waals surface area (Å²) >= 11 is 1.51. The topological polar surface area (TPSA) is 64.2 Å². The van der Waals surface area contributed by atoms with Crippen LogP contribution in [0.4, 0.5) is 4.39 Å². The van der Waals surface area contributed by atoms with Crippen LogP contribution in [0.1, 0.15) is 22.9 Å². The Morgan fingerprint density at radius 2 is 1.89 bits per heavy atom. The third-order valence-corrected chi connectivity index (χ3v) is 5.41. The molecule has 1 amide bonds. The van der Waals surface area contributed by atoms with Gasteiger partial charge in [0.05, 0.1) is 11.6 Å². The molecule has 142 valence electrons. The molecular formula is C21H17FN2O3S. The Labute approximate surface area is 164 Å². The van der Waals surface area contributed by atoms with Crippen molar-refractivity contribution in [2.24, 2.45) is 0 Å². The maximum atomic E-state index is 13.3. The Hall–Kier alpha value is -3.19. The molecule has 0 bridgehead atoms. The Morgan fingerprint density at radius 1 is 1.11 bits per heavy atom. The van der Waals surface area contributed by atoms with Crippen molar-refractivity contribution in [3.05, 3.63) is 92.9 Å². The molecule has 4 aromatic rings. The van der Waals surface area contributed by atoms with Crippen LogP contribution in [-0.4, -0.2) is 10.5 Å². The molecule has 0 fully saturated rings. The quantitative estimate of drug-likeness (QED) is 0.534. The number of nitrogens with one attached hydrogen (secondary N) is 1. The highest BCUT2D eigenvalue weighted by Crippen LogP contribution is 2.26. The van der Waals surface area contributed by atoms with Gasteiger partial charge < -0.3 is 9.73 Å². The Balaban J connectivity index is 1.51. The maximum Gasteiger partial charge on any atom is 0.419 e. The predicted octanol–water partition coefficient (Wildman–Crippen LogP) is 4.09. The number of oxazole rings is 1. The monoisotopic (exact) mass is 396 g/mol. The molecule has 0 aliphatic carbocycles. The van der Waals surface area contributed by atoms with E-state index in [4.69, 9.17) is 4.42 Å². The SMILES string of the molecule is O=C(CCn1c(=O)oc2ccccc21)NC(c1ccc(F)cc1)c1cccs1. The number of thiophene rings is 1. The zero-order valence-corrected chi connectivity index (χ0v) is 15.6. The number of aromatic nitrogens is 1. The lowest BCUT2D eigenvalue weighted by molar-refractivity contribution is -0.121. The van der Waals surface area contributed by atoms with E-state index in [1.807, 2.05) is 23.6 Å². The number of hydrogen-bond donors (Lipinski definition) is 1. The van der Waals surface area contributed by atoms with Crippen LogP contribution >= 0.6 is 11.3 Å². The lowest BCUT2D eigenvalue weighted by Gasteiger charge is -2.18. The fraction of sp³-hybridized carbons (Fsp3) is 0.143. The largest absolute Gasteiger partial charge is 0.419 e. The Kier molecular flexibility index (Phi) is 5.08. The number of carbonyl (C=O) groups is 1. The van der Waals surface area contributed by atoms with Crippen LogP contribution in [0.5, 0.6) is 0 Å². The average molecular weight is 396 g/mol. The van der Waals surface area contributed by atoms with Gasteiger partial charge in [-0.1, -0.05) is 30.3 Å². The first kappa shape index (κ1) is 18.2. The van der Waals surface area contributed by atoms with Crippen molar-refractivity contribution in [3.63, 3.8) is 0 Å². The van der Waals surface area contributed by atoms with E-state index in [0.29, 0.717) is 11.1 Å². The average Bonchev–Trinajstić information content (AvgIpc) is 3.33. The van der Waals surface area contributed by atoms with E-state index < -0.39 is 5.76 Å². The van der Waals surface area contributed by atoms with E-state index in [9.17, 15) is 14.0 Å². The summed E-state index contributed by atoms with van der Waals surface area (Å²) in [6.07, 6.45) is 0.118. The van der Waals surface area contributed by atoms with Gasteiger partial charge in [0.25, 0.3) is 0 Å². The van der Waals surface area contributed by atoms with Gasteiger partial charge in [-0.2, -0.15) is 0 Å². The molecule has 2 aromatic carbocycles. The number of amides is 1. The van der Waals surface area contributed by atoms with Gasteiger partial charge in [-0.15, -0.1) is 11.3 Å². The minimum Gasteiger partial charge on any atom is -0.408 e. The molecule has 0 aliphatic heterocycles. The molecule has 4 rings (SSSR count). The fourth-order valence-electron chi connectivity index (χ4n) is 3.10. The molecule has 1 N–H and O–H groups in total. The van der Waals surface area contributed by atoms with Crippen molar-refractivity contribution in [2.45, 2.75) is 19.0 Å². The standard InChI is InChI=1S/C21H17FN2O3S/c22-15-9-7-14(8-10-15)20(18-6-3-13-28-18)23-19(25)11-12-24-16-4-1-2-5-17(16)27-21(24)26/h1-10,13,20H,11-12H2,(H,23,25). The number of rotatable bonds is 6. The molecule has 0 saturated heterocycles. The highest BCUT2D eigenvalue weighted by Gasteiger charge is 2.18. The second kappa shape index (κ2) is 7.82. The van der Waals surface area contributed by atoms with Crippen LogP contribution in [0.2, 0.25) is 0 Å². The van der Waals surface area contributed by atoms with E-state index in [2.05, 4.69) is 5.32 Å². The molecule has 28 heavy (non-hydrogen) atoms. The minimum absolute atomic E-state index is 0.118. The van der Waals surface area contributed by atoms with Crippen molar-refractivity contribution < 1.29 is 13.6 Å². The fourth-order valence-corrected chi connectivity index (χ4v) is 3.90. The maximum absolute atomic E-state index is 13.3. The first-order valence-electron chi connectivity index (χ1n) is 8.78. The van der Waals surface area contributed by atoms with Crippen LogP contribution in [0.15, 0.2) is 75.3 Å². The van der Waals surface area contributed by atoms with Crippen LogP contribution < -0.4 is 11.1 Å². The number of halogens is 1. The summed E-state index contributed by atoms with van der Waals surface area (Å²) < 4.78 is 19.9. The van der Waals surface area contributed by atoms with E-state index in [1.165, 1.54) is 28.0 Å². The van der Waals surface area contributed by atoms with E-state index >= 15 is 0 Å². The normalized spacial score (nSPS) is 12.2. The van der Waals surface area contributed by atoms with Gasteiger partial charge in [-0.25, -0.2) is 9.18 Å². The minimum atomic E-state index is -0.484. The highest BCUT2D eigenvalue weighted by atomic mass is 32.1. The van der Waals surface area contributed by atoms with E-state index in [0.717, 1.165) is 10.4 Å². The summed E-state index contributed by atoms with van der Waals surface area (Å²) in [4.78, 5) is 25.6. The molecule has 7 heteroatoms. The molecule has 1 atom stereocenters. The van der Waals surface area contributed by atoms with Crippen LogP contribution in [-0.2, 0) is 11.3 Å². The zero-order valence-electron chi connectivity index (χ0n) is 14.8. The summed E-state index contributed by atoms with van der Waals surface area (Å²) in [7, 11) is 0. The molecule has 2 aromatic heterocycles. The number of benzene rings is 2. The molecule has 2 heterocycles. The third kappa shape index (κ3) is 3.75. The molecule has 0 saturated carbocycles. The number of nitrogens with zero attached hydrogens (tertiary/aromatic N) is 1.